The molecule has 0 radical (unpaired) electrons. The van der Waals surface area contributed by atoms with Gasteiger partial charge in [-0.05, 0) is 42.8 Å². The van der Waals surface area contributed by atoms with E-state index in [1.807, 2.05) is 24.3 Å². The summed E-state index contributed by atoms with van der Waals surface area (Å²) in [6.07, 6.45) is 1.26. The minimum atomic E-state index is 0. The molecular formula is C25H38Cl6N4. The van der Waals surface area contributed by atoms with Gasteiger partial charge in [0.15, 0.2) is 0 Å². The Morgan fingerprint density at radius 3 is 1.14 bits per heavy atom. The lowest BCUT2D eigenvalue weighted by Gasteiger charge is -2.37. The van der Waals surface area contributed by atoms with Crippen molar-refractivity contribution < 1.29 is 0 Å². The Balaban J connectivity index is 0.00000289. The van der Waals surface area contributed by atoms with Gasteiger partial charge in [-0.25, -0.2) is 0 Å². The maximum atomic E-state index is 6.32. The summed E-state index contributed by atoms with van der Waals surface area (Å²) < 4.78 is 0. The van der Waals surface area contributed by atoms with Crippen LogP contribution in [-0.4, -0.2) is 85.0 Å². The van der Waals surface area contributed by atoms with Crippen LogP contribution in [0.25, 0.3) is 0 Å². The van der Waals surface area contributed by atoms with Crippen molar-refractivity contribution in [2.24, 2.45) is 0 Å². The zero-order valence-corrected chi connectivity index (χ0v) is 24.8. The SMILES string of the molecule is Cl.Cl.Cl.Cl.Clc1ccccc1CN1CCN(CCCN2CCN(Cc3ccccc3Cl)CC2)CC1. The quantitative estimate of drug-likeness (QED) is 0.365. The highest BCUT2D eigenvalue weighted by Crippen LogP contribution is 2.19. The predicted octanol–water partition coefficient (Wildman–Crippen LogP) is 6.01. The van der Waals surface area contributed by atoms with Crippen LogP contribution in [0.2, 0.25) is 10.0 Å². The zero-order valence-electron chi connectivity index (χ0n) is 20.0. The minimum Gasteiger partial charge on any atom is -0.301 e. The van der Waals surface area contributed by atoms with Gasteiger partial charge in [0.25, 0.3) is 0 Å². The van der Waals surface area contributed by atoms with Crippen LogP contribution in [0.1, 0.15) is 17.5 Å². The fourth-order valence-electron chi connectivity index (χ4n) is 4.60. The highest BCUT2D eigenvalue weighted by molar-refractivity contribution is 6.31. The minimum absolute atomic E-state index is 0. The summed E-state index contributed by atoms with van der Waals surface area (Å²) in [5.41, 5.74) is 2.48. The summed E-state index contributed by atoms with van der Waals surface area (Å²) in [6.45, 7) is 13.5. The lowest BCUT2D eigenvalue weighted by atomic mass is 10.2. The molecule has 0 amide bonds. The maximum absolute atomic E-state index is 6.32. The van der Waals surface area contributed by atoms with Gasteiger partial charge in [0.1, 0.15) is 0 Å². The highest BCUT2D eigenvalue weighted by Gasteiger charge is 2.20. The number of piperazine rings is 2. The predicted molar refractivity (Wildman–Crippen MR) is 160 cm³/mol. The Morgan fingerprint density at radius 2 is 0.800 bits per heavy atom. The van der Waals surface area contributed by atoms with E-state index in [1.165, 1.54) is 30.6 Å². The number of rotatable bonds is 8. The molecule has 4 rings (SSSR count). The third kappa shape index (κ3) is 11.1. The van der Waals surface area contributed by atoms with Crippen LogP contribution in [0.4, 0.5) is 0 Å². The van der Waals surface area contributed by atoms with E-state index < -0.39 is 0 Å². The van der Waals surface area contributed by atoms with Crippen LogP contribution in [-0.2, 0) is 13.1 Å². The lowest BCUT2D eigenvalue weighted by Crippen LogP contribution is -2.48. The van der Waals surface area contributed by atoms with Gasteiger partial charge >= 0.3 is 0 Å². The molecule has 4 nitrogen and oxygen atoms in total. The van der Waals surface area contributed by atoms with Gasteiger partial charge in [0.2, 0.25) is 0 Å². The van der Waals surface area contributed by atoms with Gasteiger partial charge in [0.05, 0.1) is 0 Å². The smallest absolute Gasteiger partial charge is 0.0451 e. The Bertz CT molecular complexity index is 760. The van der Waals surface area contributed by atoms with Crippen LogP contribution >= 0.6 is 72.8 Å². The standard InChI is InChI=1S/C25H34Cl2N4.4ClH/c26-24-8-3-1-6-22(24)20-30-16-12-28(13-17-30)10-5-11-29-14-18-31(19-15-29)21-23-7-2-4-9-25(23)27;;;;/h1-4,6-9H,5,10-21H2;4*1H. The van der Waals surface area contributed by atoms with E-state index in [0.717, 1.165) is 75.5 Å². The summed E-state index contributed by atoms with van der Waals surface area (Å²) in [5, 5.41) is 1.77. The second-order valence-electron chi connectivity index (χ2n) is 8.77. The fourth-order valence-corrected chi connectivity index (χ4v) is 4.99. The molecule has 2 saturated heterocycles. The lowest BCUT2D eigenvalue weighted by molar-refractivity contribution is 0.106. The molecule has 2 heterocycles. The molecule has 0 N–H and O–H groups in total. The molecule has 0 unspecified atom stereocenters. The molecule has 2 aliphatic rings. The molecule has 0 aliphatic carbocycles. The summed E-state index contributed by atoms with van der Waals surface area (Å²) in [7, 11) is 0. The summed E-state index contributed by atoms with van der Waals surface area (Å²) in [5.74, 6) is 0. The molecule has 0 aromatic heterocycles. The van der Waals surface area contributed by atoms with Crippen LogP contribution in [0.3, 0.4) is 0 Å². The first kappa shape index (κ1) is 35.0. The first-order valence-electron chi connectivity index (χ1n) is 11.5. The Morgan fingerprint density at radius 1 is 0.486 bits per heavy atom. The van der Waals surface area contributed by atoms with Crippen molar-refractivity contribution in [3.63, 3.8) is 0 Å². The van der Waals surface area contributed by atoms with Crippen molar-refractivity contribution in [1.29, 1.82) is 0 Å². The molecule has 0 saturated carbocycles. The molecule has 35 heavy (non-hydrogen) atoms. The summed E-state index contributed by atoms with van der Waals surface area (Å²) in [6, 6.07) is 16.4. The van der Waals surface area contributed by atoms with Crippen molar-refractivity contribution in [2.75, 3.05) is 65.4 Å². The molecule has 2 fully saturated rings. The Labute approximate surface area is 245 Å². The molecule has 200 valence electrons. The Hall–Kier alpha value is 0.0200. The Kier molecular flexibility index (Phi) is 18.3. The van der Waals surface area contributed by atoms with E-state index in [1.54, 1.807) is 0 Å². The van der Waals surface area contributed by atoms with Crippen LogP contribution < -0.4 is 0 Å². The van der Waals surface area contributed by atoms with E-state index in [-0.39, 0.29) is 49.6 Å². The molecule has 10 heteroatoms. The van der Waals surface area contributed by atoms with Crippen molar-refractivity contribution >= 4 is 72.8 Å². The molecule has 2 aromatic carbocycles. The second kappa shape index (κ2) is 18.3. The number of nitrogens with zero attached hydrogens (tertiary/aromatic N) is 4. The van der Waals surface area contributed by atoms with E-state index in [4.69, 9.17) is 23.2 Å². The van der Waals surface area contributed by atoms with Crippen LogP contribution in [0, 0.1) is 0 Å². The van der Waals surface area contributed by atoms with Crippen molar-refractivity contribution in [1.82, 2.24) is 19.6 Å². The monoisotopic (exact) mass is 604 g/mol. The van der Waals surface area contributed by atoms with E-state index in [0.29, 0.717) is 0 Å². The van der Waals surface area contributed by atoms with Gasteiger partial charge in [0, 0.05) is 75.5 Å². The average Bonchev–Trinajstić information content (AvgIpc) is 2.79. The summed E-state index contributed by atoms with van der Waals surface area (Å²) >= 11 is 12.6. The molecule has 2 aromatic rings. The highest BCUT2D eigenvalue weighted by atomic mass is 35.5. The van der Waals surface area contributed by atoms with E-state index in [2.05, 4.69) is 43.9 Å². The largest absolute Gasteiger partial charge is 0.301 e. The molecular weight excluding hydrogens is 569 g/mol. The second-order valence-corrected chi connectivity index (χ2v) is 9.59. The molecule has 0 spiro atoms. The van der Waals surface area contributed by atoms with E-state index in [9.17, 15) is 0 Å². The third-order valence-electron chi connectivity index (χ3n) is 6.58. The third-order valence-corrected chi connectivity index (χ3v) is 7.32. The summed E-state index contributed by atoms with van der Waals surface area (Å²) in [4.78, 5) is 10.3. The average molecular weight is 607 g/mol. The fraction of sp³-hybridized carbons (Fsp3) is 0.520. The van der Waals surface area contributed by atoms with Gasteiger partial charge in [-0.3, -0.25) is 9.80 Å². The maximum Gasteiger partial charge on any atom is 0.0451 e. The van der Waals surface area contributed by atoms with Gasteiger partial charge < -0.3 is 9.80 Å². The van der Waals surface area contributed by atoms with Gasteiger partial charge in [-0.1, -0.05) is 59.6 Å². The van der Waals surface area contributed by atoms with Crippen LogP contribution in [0.15, 0.2) is 48.5 Å². The van der Waals surface area contributed by atoms with Gasteiger partial charge in [-0.2, -0.15) is 0 Å². The van der Waals surface area contributed by atoms with Crippen LogP contribution in [0.5, 0.6) is 0 Å². The number of benzene rings is 2. The first-order chi connectivity index (χ1) is 15.2. The zero-order chi connectivity index (χ0) is 21.5. The molecule has 0 atom stereocenters. The van der Waals surface area contributed by atoms with Crippen molar-refractivity contribution in [3.05, 3.63) is 69.7 Å². The first-order valence-corrected chi connectivity index (χ1v) is 12.3. The van der Waals surface area contributed by atoms with Crippen molar-refractivity contribution in [3.8, 4) is 0 Å². The van der Waals surface area contributed by atoms with Crippen molar-refractivity contribution in [2.45, 2.75) is 19.5 Å². The number of halogens is 6. The molecule has 2 aliphatic heterocycles. The molecule has 0 bridgehead atoms. The number of hydrogen-bond donors (Lipinski definition) is 0. The topological polar surface area (TPSA) is 13.0 Å². The van der Waals surface area contributed by atoms with E-state index >= 15 is 0 Å². The normalized spacial score (nSPS) is 17.4. The van der Waals surface area contributed by atoms with Gasteiger partial charge in [-0.15, -0.1) is 49.6 Å². The number of hydrogen-bond acceptors (Lipinski definition) is 4.